The number of anilines is 1. The van der Waals surface area contributed by atoms with Gasteiger partial charge in [-0.25, -0.2) is 0 Å². The summed E-state index contributed by atoms with van der Waals surface area (Å²) in [7, 11) is 0. The number of hydrogen-bond acceptors (Lipinski definition) is 1. The van der Waals surface area contributed by atoms with Gasteiger partial charge in [-0.1, -0.05) is 159 Å². The van der Waals surface area contributed by atoms with E-state index < -0.39 is 5.41 Å². The van der Waals surface area contributed by atoms with Crippen molar-refractivity contribution in [2.45, 2.75) is 19.3 Å². The third-order valence-corrected chi connectivity index (χ3v) is 8.85. The first-order valence-corrected chi connectivity index (χ1v) is 15.8. The van der Waals surface area contributed by atoms with E-state index in [4.69, 9.17) is 0 Å². The summed E-state index contributed by atoms with van der Waals surface area (Å²) in [5.41, 5.74) is 8.07. The third kappa shape index (κ3) is 5.64. The molecular formula is C45H39N. The van der Waals surface area contributed by atoms with E-state index in [0.717, 1.165) is 11.4 Å². The average Bonchev–Trinajstić information content (AvgIpc) is 3.34. The zero-order valence-electron chi connectivity index (χ0n) is 26.6. The summed E-state index contributed by atoms with van der Waals surface area (Å²) in [6.07, 6.45) is 22.7. The number of fused-ring (bicyclic) bond motifs is 4. The van der Waals surface area contributed by atoms with Gasteiger partial charge in [-0.15, -0.1) is 0 Å². The van der Waals surface area contributed by atoms with E-state index in [1.54, 1.807) is 6.08 Å². The first-order valence-electron chi connectivity index (χ1n) is 15.8. The van der Waals surface area contributed by atoms with E-state index in [0.29, 0.717) is 0 Å². The maximum absolute atomic E-state index is 3.87. The fourth-order valence-electron chi connectivity index (χ4n) is 6.70. The minimum Gasteiger partial charge on any atom is -0.321 e. The summed E-state index contributed by atoms with van der Waals surface area (Å²) < 4.78 is 0. The molecule has 6 rings (SSSR count). The molecule has 1 atom stereocenters. The van der Waals surface area contributed by atoms with Crippen molar-refractivity contribution in [1.29, 1.82) is 0 Å². The molecule has 46 heavy (non-hydrogen) atoms. The molecule has 1 aliphatic rings. The van der Waals surface area contributed by atoms with E-state index in [2.05, 4.69) is 178 Å². The average molecular weight is 594 g/mol. The van der Waals surface area contributed by atoms with Gasteiger partial charge in [0.05, 0.1) is 5.41 Å². The van der Waals surface area contributed by atoms with E-state index >= 15 is 0 Å². The van der Waals surface area contributed by atoms with Crippen LogP contribution < -0.4 is 4.90 Å². The van der Waals surface area contributed by atoms with Gasteiger partial charge in [0.25, 0.3) is 0 Å². The third-order valence-electron chi connectivity index (χ3n) is 8.85. The Morgan fingerprint density at radius 2 is 1.30 bits per heavy atom. The molecule has 0 heterocycles. The maximum atomic E-state index is 3.87. The smallest absolute Gasteiger partial charge is 0.0644 e. The number of benzene rings is 5. The predicted octanol–water partition coefficient (Wildman–Crippen LogP) is 12.0. The molecule has 0 radical (unpaired) electrons. The van der Waals surface area contributed by atoms with Crippen molar-refractivity contribution in [2.24, 2.45) is 0 Å². The van der Waals surface area contributed by atoms with Crippen molar-refractivity contribution in [3.8, 4) is 0 Å². The molecule has 5 aromatic carbocycles. The van der Waals surface area contributed by atoms with Crippen LogP contribution in [0.15, 0.2) is 201 Å². The monoisotopic (exact) mass is 593 g/mol. The quantitative estimate of drug-likeness (QED) is 0.115. The first kappa shape index (κ1) is 30.4. The van der Waals surface area contributed by atoms with E-state index in [9.17, 15) is 0 Å². The zero-order valence-corrected chi connectivity index (χ0v) is 26.6. The van der Waals surface area contributed by atoms with Crippen LogP contribution in [0, 0.1) is 0 Å². The Balaban J connectivity index is 1.57. The lowest BCUT2D eigenvalue weighted by molar-refractivity contribution is 0.793. The largest absolute Gasteiger partial charge is 0.321 e. The molecule has 0 bridgehead atoms. The number of hydrogen-bond donors (Lipinski definition) is 0. The normalized spacial score (nSPS) is 16.9. The zero-order chi connectivity index (χ0) is 31.9. The summed E-state index contributed by atoms with van der Waals surface area (Å²) in [5.74, 6) is 0. The SMILES string of the molecule is C=C/C=C\C=C\N(/C(C)=C/C1=C(C)c2ccccc2C1(/C=C/C=C\C=C)c1ccccc1)c1ccc2ccc3ccccc3c2c1. The molecule has 0 aromatic heterocycles. The number of nitrogens with zero attached hydrogens (tertiary/aromatic N) is 1. The molecule has 0 saturated carbocycles. The van der Waals surface area contributed by atoms with Gasteiger partial charge in [-0.2, -0.15) is 0 Å². The highest BCUT2D eigenvalue weighted by Crippen LogP contribution is 2.52. The second kappa shape index (κ2) is 13.5. The highest BCUT2D eigenvalue weighted by molar-refractivity contribution is 6.08. The van der Waals surface area contributed by atoms with Gasteiger partial charge in [0.1, 0.15) is 0 Å². The lowest BCUT2D eigenvalue weighted by Gasteiger charge is -2.32. The maximum Gasteiger partial charge on any atom is 0.0644 e. The van der Waals surface area contributed by atoms with E-state index in [1.807, 2.05) is 24.3 Å². The molecule has 0 fully saturated rings. The molecule has 1 unspecified atom stereocenters. The fourth-order valence-corrected chi connectivity index (χ4v) is 6.70. The molecule has 0 aliphatic heterocycles. The van der Waals surface area contributed by atoms with Crippen LogP contribution in [-0.2, 0) is 5.41 Å². The Labute approximate surface area is 273 Å². The molecule has 1 heteroatoms. The van der Waals surface area contributed by atoms with Crippen LogP contribution in [-0.4, -0.2) is 0 Å². The van der Waals surface area contributed by atoms with Gasteiger partial charge in [-0.05, 0) is 87.5 Å². The van der Waals surface area contributed by atoms with Gasteiger partial charge in [-0.3, -0.25) is 0 Å². The Bertz CT molecular complexity index is 2100. The Kier molecular flexibility index (Phi) is 8.94. The second-order valence-corrected chi connectivity index (χ2v) is 11.5. The van der Waals surface area contributed by atoms with Crippen LogP contribution in [0.2, 0.25) is 0 Å². The Morgan fingerprint density at radius 1 is 0.652 bits per heavy atom. The summed E-state index contributed by atoms with van der Waals surface area (Å²) in [6.45, 7) is 12.2. The van der Waals surface area contributed by atoms with Gasteiger partial charge >= 0.3 is 0 Å². The Hall–Kier alpha value is -5.66. The summed E-state index contributed by atoms with van der Waals surface area (Å²) in [4.78, 5) is 2.29. The summed E-state index contributed by atoms with van der Waals surface area (Å²) in [6, 6.07) is 39.4. The van der Waals surface area contributed by atoms with Crippen LogP contribution in [0.3, 0.4) is 0 Å². The summed E-state index contributed by atoms with van der Waals surface area (Å²) in [5, 5.41) is 4.96. The van der Waals surface area contributed by atoms with E-state index in [-0.39, 0.29) is 0 Å². The van der Waals surface area contributed by atoms with Crippen molar-refractivity contribution >= 4 is 32.8 Å². The van der Waals surface area contributed by atoms with Crippen LogP contribution in [0.25, 0.3) is 27.1 Å². The van der Waals surface area contributed by atoms with Crippen LogP contribution >= 0.6 is 0 Å². The molecule has 0 amide bonds. The highest BCUT2D eigenvalue weighted by Gasteiger charge is 2.42. The Morgan fingerprint density at radius 3 is 2.09 bits per heavy atom. The molecule has 1 nitrogen and oxygen atoms in total. The molecular weight excluding hydrogens is 555 g/mol. The van der Waals surface area contributed by atoms with Crippen molar-refractivity contribution in [2.75, 3.05) is 4.90 Å². The van der Waals surface area contributed by atoms with Gasteiger partial charge in [0, 0.05) is 17.6 Å². The molecule has 0 N–H and O–H groups in total. The van der Waals surface area contributed by atoms with Gasteiger partial charge < -0.3 is 4.90 Å². The summed E-state index contributed by atoms with van der Waals surface area (Å²) >= 11 is 0. The van der Waals surface area contributed by atoms with Crippen LogP contribution in [0.1, 0.15) is 30.5 Å². The number of allylic oxidation sites excluding steroid dienone is 13. The minimum atomic E-state index is -0.466. The first-order chi connectivity index (χ1) is 22.6. The number of rotatable bonds is 10. The van der Waals surface area contributed by atoms with Crippen molar-refractivity contribution in [3.63, 3.8) is 0 Å². The fraction of sp³-hybridized carbons (Fsp3) is 0.0667. The van der Waals surface area contributed by atoms with Crippen LogP contribution in [0.5, 0.6) is 0 Å². The molecule has 224 valence electrons. The molecule has 1 aliphatic carbocycles. The topological polar surface area (TPSA) is 3.24 Å². The standard InChI is InChI=1S/C45H39N/c1-5-7-9-18-30-45(38-21-12-11-13-22-38)43-25-17-16-23-40(43)35(4)44(45)32-34(3)46(31-19-10-8-6-2)39-29-28-37-27-26-36-20-14-15-24-41(36)42(37)33-39/h5-33H,1-2H2,3-4H3/b9-7-,10-8-,30-18+,31-19+,34-32+. The molecule has 0 spiro atoms. The van der Waals surface area contributed by atoms with Crippen molar-refractivity contribution in [1.82, 2.24) is 0 Å². The molecule has 5 aromatic rings. The van der Waals surface area contributed by atoms with E-state index in [1.165, 1.54) is 49.4 Å². The van der Waals surface area contributed by atoms with Gasteiger partial charge in [0.2, 0.25) is 0 Å². The van der Waals surface area contributed by atoms with Gasteiger partial charge in [0.15, 0.2) is 0 Å². The van der Waals surface area contributed by atoms with Crippen LogP contribution in [0.4, 0.5) is 5.69 Å². The lowest BCUT2D eigenvalue weighted by Crippen LogP contribution is -2.26. The second-order valence-electron chi connectivity index (χ2n) is 11.5. The lowest BCUT2D eigenvalue weighted by atomic mass is 9.71. The van der Waals surface area contributed by atoms with Crippen molar-refractivity contribution in [3.05, 3.63) is 217 Å². The highest BCUT2D eigenvalue weighted by atomic mass is 15.1. The van der Waals surface area contributed by atoms with Crippen molar-refractivity contribution < 1.29 is 0 Å². The minimum absolute atomic E-state index is 0.466. The predicted molar refractivity (Wildman–Crippen MR) is 201 cm³/mol. The molecule has 0 saturated heterocycles.